The zero-order chi connectivity index (χ0) is 24.7. The van der Waals surface area contributed by atoms with Gasteiger partial charge in [0.15, 0.2) is 0 Å². The van der Waals surface area contributed by atoms with E-state index >= 15 is 0 Å². The molecule has 34 heavy (non-hydrogen) atoms. The number of halogens is 1. The number of nitrogens with zero attached hydrogens (tertiary/aromatic N) is 2. The van der Waals surface area contributed by atoms with Crippen LogP contribution in [0.3, 0.4) is 0 Å². The van der Waals surface area contributed by atoms with Crippen molar-refractivity contribution in [2.24, 2.45) is 0 Å². The van der Waals surface area contributed by atoms with Crippen LogP contribution in [0.15, 0.2) is 90.3 Å². The normalized spacial score (nSPS) is 11.0. The standard InChI is InChI=1S/C26H27ClN2O4S/c1-4-16-29(25-11-6-5-10-24(25)27)34(31,32)23-9-7-8-21(19-23)26(30)28(3)17-18-33-22-14-12-20(2)13-15-22/h4-15,19H,1,16-18H2,2-3H3. The highest BCUT2D eigenvalue weighted by atomic mass is 35.5. The van der Waals surface area contributed by atoms with Crippen molar-refractivity contribution in [3.63, 3.8) is 0 Å². The van der Waals surface area contributed by atoms with Crippen LogP contribution in [0, 0.1) is 6.92 Å². The number of anilines is 1. The van der Waals surface area contributed by atoms with Gasteiger partial charge in [-0.15, -0.1) is 6.58 Å². The van der Waals surface area contributed by atoms with Gasteiger partial charge in [0.1, 0.15) is 12.4 Å². The molecule has 3 aromatic rings. The van der Waals surface area contributed by atoms with Gasteiger partial charge in [0.2, 0.25) is 0 Å². The third-order valence-electron chi connectivity index (χ3n) is 5.15. The molecule has 6 nitrogen and oxygen atoms in total. The number of ether oxygens (including phenoxy) is 1. The van der Waals surface area contributed by atoms with E-state index in [1.807, 2.05) is 31.2 Å². The summed E-state index contributed by atoms with van der Waals surface area (Å²) in [7, 11) is -2.35. The van der Waals surface area contributed by atoms with Gasteiger partial charge >= 0.3 is 0 Å². The van der Waals surface area contributed by atoms with E-state index < -0.39 is 10.0 Å². The lowest BCUT2D eigenvalue weighted by Gasteiger charge is -2.24. The molecule has 0 radical (unpaired) electrons. The summed E-state index contributed by atoms with van der Waals surface area (Å²) in [6, 6.07) is 20.3. The molecule has 0 aliphatic rings. The molecule has 3 aromatic carbocycles. The average molecular weight is 499 g/mol. The van der Waals surface area contributed by atoms with Gasteiger partial charge in [-0.1, -0.05) is 53.6 Å². The molecule has 0 spiro atoms. The number of likely N-dealkylation sites (N-methyl/N-ethyl adjacent to an activating group) is 1. The number of aryl methyl sites for hydroxylation is 1. The topological polar surface area (TPSA) is 66.9 Å². The lowest BCUT2D eigenvalue weighted by molar-refractivity contribution is 0.0773. The van der Waals surface area contributed by atoms with E-state index in [-0.39, 0.29) is 22.9 Å². The maximum absolute atomic E-state index is 13.4. The molecule has 0 atom stereocenters. The Kier molecular flexibility index (Phi) is 8.36. The SMILES string of the molecule is C=CCN(c1ccccc1Cl)S(=O)(=O)c1cccc(C(=O)N(C)CCOc2ccc(C)cc2)c1. The van der Waals surface area contributed by atoms with Gasteiger partial charge in [0.05, 0.1) is 28.7 Å². The Hall–Kier alpha value is -3.29. The smallest absolute Gasteiger partial charge is 0.264 e. The van der Waals surface area contributed by atoms with Crippen LogP contribution >= 0.6 is 11.6 Å². The molecule has 0 N–H and O–H groups in total. The lowest BCUT2D eigenvalue weighted by atomic mass is 10.2. The van der Waals surface area contributed by atoms with E-state index in [2.05, 4.69) is 6.58 Å². The number of sulfonamides is 1. The fourth-order valence-electron chi connectivity index (χ4n) is 3.27. The zero-order valence-electron chi connectivity index (χ0n) is 19.1. The second kappa shape index (κ2) is 11.2. The number of hydrogen-bond donors (Lipinski definition) is 0. The van der Waals surface area contributed by atoms with Crippen molar-refractivity contribution in [1.82, 2.24) is 4.90 Å². The molecule has 0 bridgehead atoms. The van der Waals surface area contributed by atoms with E-state index in [4.69, 9.17) is 16.3 Å². The Bertz CT molecular complexity index is 1260. The van der Waals surface area contributed by atoms with Crippen LogP contribution in [0.25, 0.3) is 0 Å². The summed E-state index contributed by atoms with van der Waals surface area (Å²) in [6.07, 6.45) is 1.48. The van der Waals surface area contributed by atoms with Crippen molar-refractivity contribution >= 4 is 33.2 Å². The molecular formula is C26H27ClN2O4S. The first-order valence-electron chi connectivity index (χ1n) is 10.7. The van der Waals surface area contributed by atoms with Crippen molar-refractivity contribution in [3.8, 4) is 5.75 Å². The fraction of sp³-hybridized carbons (Fsp3) is 0.192. The number of carbonyl (C=O) groups is 1. The maximum Gasteiger partial charge on any atom is 0.264 e. The largest absolute Gasteiger partial charge is 0.492 e. The van der Waals surface area contributed by atoms with Crippen LogP contribution in [-0.4, -0.2) is 46.0 Å². The molecule has 0 unspecified atom stereocenters. The van der Waals surface area contributed by atoms with Gasteiger partial charge in [-0.05, 0) is 49.4 Å². The third-order valence-corrected chi connectivity index (χ3v) is 7.24. The van der Waals surface area contributed by atoms with Crippen LogP contribution in [0.4, 0.5) is 5.69 Å². The molecule has 8 heteroatoms. The molecule has 0 aliphatic carbocycles. The van der Waals surface area contributed by atoms with Gasteiger partial charge in [-0.25, -0.2) is 8.42 Å². The third kappa shape index (κ3) is 5.98. The molecule has 0 fully saturated rings. The molecule has 0 heterocycles. The molecular weight excluding hydrogens is 472 g/mol. The van der Waals surface area contributed by atoms with E-state index in [1.165, 1.54) is 27.4 Å². The minimum absolute atomic E-state index is 0.00979. The van der Waals surface area contributed by atoms with Crippen LogP contribution in [0.5, 0.6) is 5.75 Å². The molecule has 0 saturated carbocycles. The maximum atomic E-state index is 13.4. The Balaban J connectivity index is 1.76. The molecule has 0 saturated heterocycles. The average Bonchev–Trinajstić information content (AvgIpc) is 2.84. The van der Waals surface area contributed by atoms with Crippen LogP contribution < -0.4 is 9.04 Å². The number of hydrogen-bond acceptors (Lipinski definition) is 4. The number of amides is 1. The lowest BCUT2D eigenvalue weighted by Crippen LogP contribution is -2.33. The van der Waals surface area contributed by atoms with Crippen molar-refractivity contribution < 1.29 is 17.9 Å². The first kappa shape index (κ1) is 25.3. The Morgan fingerprint density at radius 1 is 1.06 bits per heavy atom. The van der Waals surface area contributed by atoms with E-state index in [1.54, 1.807) is 43.4 Å². The van der Waals surface area contributed by atoms with E-state index in [0.29, 0.717) is 23.9 Å². The van der Waals surface area contributed by atoms with Gasteiger partial charge in [0.25, 0.3) is 15.9 Å². The second-order valence-corrected chi connectivity index (χ2v) is 9.96. The van der Waals surface area contributed by atoms with Gasteiger partial charge in [-0.3, -0.25) is 9.10 Å². The highest BCUT2D eigenvalue weighted by molar-refractivity contribution is 7.92. The van der Waals surface area contributed by atoms with E-state index in [9.17, 15) is 13.2 Å². The summed E-state index contributed by atoms with van der Waals surface area (Å²) in [5, 5.41) is 0.300. The van der Waals surface area contributed by atoms with Crippen LogP contribution in [0.2, 0.25) is 5.02 Å². The summed E-state index contributed by atoms with van der Waals surface area (Å²) in [6.45, 7) is 6.34. The number of rotatable bonds is 10. The molecule has 0 aliphatic heterocycles. The highest BCUT2D eigenvalue weighted by Crippen LogP contribution is 2.30. The van der Waals surface area contributed by atoms with Crippen molar-refractivity contribution in [2.45, 2.75) is 11.8 Å². The van der Waals surface area contributed by atoms with Crippen LogP contribution in [-0.2, 0) is 10.0 Å². The molecule has 1 amide bonds. The first-order valence-corrected chi connectivity index (χ1v) is 12.5. The monoisotopic (exact) mass is 498 g/mol. The summed E-state index contributed by atoms with van der Waals surface area (Å²) in [4.78, 5) is 14.4. The second-order valence-electron chi connectivity index (χ2n) is 7.69. The summed E-state index contributed by atoms with van der Waals surface area (Å²) in [5.41, 5.74) is 1.73. The van der Waals surface area contributed by atoms with Gasteiger partial charge in [0, 0.05) is 12.6 Å². The molecule has 178 valence electrons. The minimum Gasteiger partial charge on any atom is -0.492 e. The van der Waals surface area contributed by atoms with Crippen molar-refractivity contribution in [3.05, 3.63) is 102 Å². The first-order chi connectivity index (χ1) is 16.2. The van der Waals surface area contributed by atoms with E-state index in [0.717, 1.165) is 11.3 Å². The van der Waals surface area contributed by atoms with Crippen molar-refractivity contribution in [1.29, 1.82) is 0 Å². The van der Waals surface area contributed by atoms with Crippen molar-refractivity contribution in [2.75, 3.05) is 31.0 Å². The summed E-state index contributed by atoms with van der Waals surface area (Å²) < 4.78 is 33.8. The van der Waals surface area contributed by atoms with Crippen LogP contribution in [0.1, 0.15) is 15.9 Å². The fourth-order valence-corrected chi connectivity index (χ4v) is 5.06. The minimum atomic E-state index is -3.99. The van der Waals surface area contributed by atoms with Gasteiger partial charge < -0.3 is 9.64 Å². The summed E-state index contributed by atoms with van der Waals surface area (Å²) in [5.74, 6) is 0.416. The Labute approximate surface area is 206 Å². The predicted octanol–water partition coefficient (Wildman–Crippen LogP) is 5.18. The Morgan fingerprint density at radius 2 is 1.76 bits per heavy atom. The quantitative estimate of drug-likeness (QED) is 0.361. The molecule has 0 aromatic heterocycles. The highest BCUT2D eigenvalue weighted by Gasteiger charge is 2.26. The number of carbonyl (C=O) groups excluding carboxylic acids is 1. The number of para-hydroxylation sites is 1. The Morgan fingerprint density at radius 3 is 2.44 bits per heavy atom. The number of benzene rings is 3. The predicted molar refractivity (Wildman–Crippen MR) is 136 cm³/mol. The van der Waals surface area contributed by atoms with Gasteiger partial charge in [-0.2, -0.15) is 0 Å². The molecule has 3 rings (SSSR count). The summed E-state index contributed by atoms with van der Waals surface area (Å²) >= 11 is 6.26. The zero-order valence-corrected chi connectivity index (χ0v) is 20.7.